The average molecular weight is 233 g/mol. The van der Waals surface area contributed by atoms with E-state index in [1.807, 2.05) is 12.1 Å². The molecule has 0 radical (unpaired) electrons. The predicted octanol–water partition coefficient (Wildman–Crippen LogP) is 2.26. The Morgan fingerprint density at radius 1 is 1.44 bits per heavy atom. The minimum atomic E-state index is -0.142. The Bertz CT molecular complexity index is 652. The van der Waals surface area contributed by atoms with Crippen LogP contribution < -0.4 is 5.56 Å². The molecule has 1 aromatic carbocycles. The number of nitriles is 1. The van der Waals surface area contributed by atoms with Crippen LogP contribution in [-0.2, 0) is 13.5 Å². The Kier molecular flexibility index (Phi) is 2.67. The molecular weight excluding hydrogens is 224 g/mol. The van der Waals surface area contributed by atoms with Gasteiger partial charge in [-0.15, -0.1) is 0 Å². The first kappa shape index (κ1) is 10.7. The minimum absolute atomic E-state index is 0.130. The maximum Gasteiger partial charge on any atom is 0.255 e. The second-order valence-electron chi connectivity index (χ2n) is 3.57. The minimum Gasteiger partial charge on any atom is -0.311 e. The van der Waals surface area contributed by atoms with Crippen molar-refractivity contribution in [2.45, 2.75) is 6.42 Å². The fourth-order valence-electron chi connectivity index (χ4n) is 1.72. The zero-order valence-electron chi connectivity index (χ0n) is 8.70. The van der Waals surface area contributed by atoms with Gasteiger partial charge in [0.25, 0.3) is 5.56 Å². The molecular formula is C12H9ClN2O. The summed E-state index contributed by atoms with van der Waals surface area (Å²) in [5, 5.41) is 10.1. The van der Waals surface area contributed by atoms with Gasteiger partial charge in [0.05, 0.1) is 18.0 Å². The van der Waals surface area contributed by atoms with Gasteiger partial charge in [-0.05, 0) is 23.6 Å². The molecule has 16 heavy (non-hydrogen) atoms. The first-order chi connectivity index (χ1) is 7.63. The van der Waals surface area contributed by atoms with E-state index in [9.17, 15) is 4.79 Å². The molecule has 2 rings (SSSR count). The molecule has 0 atom stereocenters. The van der Waals surface area contributed by atoms with Gasteiger partial charge in [-0.25, -0.2) is 0 Å². The first-order valence-electron chi connectivity index (χ1n) is 4.78. The number of aromatic nitrogens is 1. The molecule has 80 valence electrons. The highest BCUT2D eigenvalue weighted by Gasteiger charge is 2.06. The van der Waals surface area contributed by atoms with E-state index in [2.05, 4.69) is 0 Å². The van der Waals surface area contributed by atoms with Crippen LogP contribution in [0.3, 0.4) is 0 Å². The molecule has 0 saturated heterocycles. The van der Waals surface area contributed by atoms with Gasteiger partial charge in [0.1, 0.15) is 0 Å². The molecule has 0 aliphatic rings. The molecule has 0 N–H and O–H groups in total. The van der Waals surface area contributed by atoms with Crippen LogP contribution in [0.4, 0.5) is 0 Å². The fourth-order valence-corrected chi connectivity index (χ4v) is 1.88. The van der Waals surface area contributed by atoms with Crippen LogP contribution in [0.1, 0.15) is 5.56 Å². The summed E-state index contributed by atoms with van der Waals surface area (Å²) in [7, 11) is 1.68. The van der Waals surface area contributed by atoms with Gasteiger partial charge in [0.15, 0.2) is 0 Å². The Hall–Kier alpha value is -1.79. The second kappa shape index (κ2) is 3.99. The van der Waals surface area contributed by atoms with E-state index in [0.29, 0.717) is 10.6 Å². The van der Waals surface area contributed by atoms with E-state index in [0.717, 1.165) is 10.9 Å². The predicted molar refractivity (Wildman–Crippen MR) is 63.5 cm³/mol. The normalized spacial score (nSPS) is 10.3. The SMILES string of the molecule is Cn1c(=O)c(CC#N)cc2ccc(Cl)cc21. The van der Waals surface area contributed by atoms with E-state index < -0.39 is 0 Å². The van der Waals surface area contributed by atoms with Crippen LogP contribution in [0.15, 0.2) is 29.1 Å². The van der Waals surface area contributed by atoms with Gasteiger partial charge < -0.3 is 4.57 Å². The quantitative estimate of drug-likeness (QED) is 0.757. The number of hydrogen-bond donors (Lipinski definition) is 0. The number of benzene rings is 1. The van der Waals surface area contributed by atoms with Gasteiger partial charge in [-0.3, -0.25) is 4.79 Å². The number of rotatable bonds is 1. The highest BCUT2D eigenvalue weighted by molar-refractivity contribution is 6.31. The van der Waals surface area contributed by atoms with Crippen molar-refractivity contribution in [2.24, 2.45) is 7.05 Å². The molecule has 0 bridgehead atoms. The standard InChI is InChI=1S/C12H9ClN2O/c1-15-11-7-10(13)3-2-8(11)6-9(4-5-14)12(15)16/h2-3,6-7H,4H2,1H3. The van der Waals surface area contributed by atoms with Crippen molar-refractivity contribution in [1.82, 2.24) is 4.57 Å². The van der Waals surface area contributed by atoms with Gasteiger partial charge >= 0.3 is 0 Å². The summed E-state index contributed by atoms with van der Waals surface area (Å²) in [6.07, 6.45) is 0.130. The summed E-state index contributed by atoms with van der Waals surface area (Å²) in [5.41, 5.74) is 1.15. The molecule has 0 saturated carbocycles. The molecule has 0 aliphatic heterocycles. The smallest absolute Gasteiger partial charge is 0.255 e. The van der Waals surface area contributed by atoms with Gasteiger partial charge in [-0.1, -0.05) is 17.7 Å². The monoisotopic (exact) mass is 232 g/mol. The summed E-state index contributed by atoms with van der Waals surface area (Å²) in [4.78, 5) is 11.9. The summed E-state index contributed by atoms with van der Waals surface area (Å²) in [6, 6.07) is 9.09. The number of hydrogen-bond acceptors (Lipinski definition) is 2. The number of nitrogens with zero attached hydrogens (tertiary/aromatic N) is 2. The lowest BCUT2D eigenvalue weighted by Crippen LogP contribution is -2.20. The molecule has 1 aromatic heterocycles. The zero-order chi connectivity index (χ0) is 11.7. The first-order valence-corrected chi connectivity index (χ1v) is 5.16. The van der Waals surface area contributed by atoms with E-state index >= 15 is 0 Å². The Morgan fingerprint density at radius 3 is 2.88 bits per heavy atom. The van der Waals surface area contributed by atoms with Crippen molar-refractivity contribution in [1.29, 1.82) is 5.26 Å². The van der Waals surface area contributed by atoms with Crippen molar-refractivity contribution in [3.05, 3.63) is 45.2 Å². The number of aryl methyl sites for hydroxylation is 1. The lowest BCUT2D eigenvalue weighted by Gasteiger charge is -2.07. The zero-order valence-corrected chi connectivity index (χ0v) is 9.45. The van der Waals surface area contributed by atoms with Crippen LogP contribution in [-0.4, -0.2) is 4.57 Å². The average Bonchev–Trinajstić information content (AvgIpc) is 2.27. The second-order valence-corrected chi connectivity index (χ2v) is 4.01. The third-order valence-electron chi connectivity index (χ3n) is 2.53. The van der Waals surface area contributed by atoms with Crippen molar-refractivity contribution in [3.8, 4) is 6.07 Å². The van der Waals surface area contributed by atoms with Crippen molar-refractivity contribution >= 4 is 22.5 Å². The van der Waals surface area contributed by atoms with E-state index in [-0.39, 0.29) is 12.0 Å². The van der Waals surface area contributed by atoms with Crippen LogP contribution in [0.5, 0.6) is 0 Å². The number of fused-ring (bicyclic) bond motifs is 1. The molecule has 0 fully saturated rings. The highest BCUT2D eigenvalue weighted by Crippen LogP contribution is 2.18. The number of pyridine rings is 1. The summed E-state index contributed by atoms with van der Waals surface area (Å²) in [6.45, 7) is 0. The Labute approximate surface area is 97.5 Å². The van der Waals surface area contributed by atoms with E-state index in [1.165, 1.54) is 4.57 Å². The molecule has 4 heteroatoms. The van der Waals surface area contributed by atoms with Crippen molar-refractivity contribution in [3.63, 3.8) is 0 Å². The molecule has 3 nitrogen and oxygen atoms in total. The van der Waals surface area contributed by atoms with Crippen LogP contribution in [0.25, 0.3) is 10.9 Å². The van der Waals surface area contributed by atoms with Gasteiger partial charge in [0.2, 0.25) is 0 Å². The van der Waals surface area contributed by atoms with E-state index in [1.54, 1.807) is 25.2 Å². The largest absolute Gasteiger partial charge is 0.311 e. The lowest BCUT2D eigenvalue weighted by molar-refractivity contribution is 0.886. The molecule has 2 aromatic rings. The van der Waals surface area contributed by atoms with Gasteiger partial charge in [-0.2, -0.15) is 5.26 Å². The molecule has 0 spiro atoms. The van der Waals surface area contributed by atoms with Crippen molar-refractivity contribution in [2.75, 3.05) is 0 Å². The maximum absolute atomic E-state index is 11.9. The van der Waals surface area contributed by atoms with Crippen LogP contribution >= 0.6 is 11.6 Å². The third kappa shape index (κ3) is 1.68. The third-order valence-corrected chi connectivity index (χ3v) is 2.77. The lowest BCUT2D eigenvalue weighted by atomic mass is 10.1. The summed E-state index contributed by atoms with van der Waals surface area (Å²) in [5.74, 6) is 0. The topological polar surface area (TPSA) is 45.8 Å². The maximum atomic E-state index is 11.9. The van der Waals surface area contributed by atoms with Gasteiger partial charge in [0, 0.05) is 17.6 Å². The Balaban J connectivity index is 2.84. The molecule has 0 amide bonds. The molecule has 0 unspecified atom stereocenters. The van der Waals surface area contributed by atoms with Crippen LogP contribution in [0.2, 0.25) is 5.02 Å². The van der Waals surface area contributed by atoms with Crippen LogP contribution in [0, 0.1) is 11.3 Å². The molecule has 0 aliphatic carbocycles. The van der Waals surface area contributed by atoms with E-state index in [4.69, 9.17) is 16.9 Å². The van der Waals surface area contributed by atoms with Crippen molar-refractivity contribution < 1.29 is 0 Å². The summed E-state index contributed by atoms with van der Waals surface area (Å²) < 4.78 is 1.52. The summed E-state index contributed by atoms with van der Waals surface area (Å²) >= 11 is 5.88. The number of halogens is 1. The highest BCUT2D eigenvalue weighted by atomic mass is 35.5. The Morgan fingerprint density at radius 2 is 2.19 bits per heavy atom. The molecule has 1 heterocycles. The fraction of sp³-hybridized carbons (Fsp3) is 0.167.